The highest BCUT2D eigenvalue weighted by atomic mass is 32.2. The van der Waals surface area contributed by atoms with Crippen molar-refractivity contribution in [1.82, 2.24) is 10.0 Å². The SMILES string of the molecule is O=S(=O)(N[C@H]1CCCNC1)c1c(F)cc(F)cc1F. The second-order valence-electron chi connectivity index (χ2n) is 4.36. The molecule has 1 aliphatic rings. The maximum absolute atomic E-state index is 13.4. The molecule has 106 valence electrons. The Kier molecular flexibility index (Phi) is 4.12. The fourth-order valence-corrected chi connectivity index (χ4v) is 3.41. The molecule has 0 aromatic heterocycles. The molecule has 0 unspecified atom stereocenters. The van der Waals surface area contributed by atoms with E-state index in [4.69, 9.17) is 0 Å². The van der Waals surface area contributed by atoms with Gasteiger partial charge in [-0.15, -0.1) is 0 Å². The van der Waals surface area contributed by atoms with Crippen LogP contribution in [0.2, 0.25) is 0 Å². The maximum Gasteiger partial charge on any atom is 0.246 e. The first kappa shape index (κ1) is 14.3. The van der Waals surface area contributed by atoms with Crippen LogP contribution < -0.4 is 10.0 Å². The molecular weight excluding hydrogens is 281 g/mol. The smallest absolute Gasteiger partial charge is 0.246 e. The molecule has 2 rings (SSSR count). The summed E-state index contributed by atoms with van der Waals surface area (Å²) in [6, 6.07) is 0.260. The molecule has 1 aromatic carbocycles. The zero-order valence-corrected chi connectivity index (χ0v) is 10.7. The van der Waals surface area contributed by atoms with Crippen LogP contribution in [0.15, 0.2) is 17.0 Å². The number of piperidine rings is 1. The van der Waals surface area contributed by atoms with Crippen molar-refractivity contribution in [1.29, 1.82) is 0 Å². The molecule has 1 atom stereocenters. The van der Waals surface area contributed by atoms with Crippen LogP contribution in [0.3, 0.4) is 0 Å². The topological polar surface area (TPSA) is 58.2 Å². The lowest BCUT2D eigenvalue weighted by atomic mass is 10.1. The molecule has 1 aliphatic heterocycles. The molecule has 19 heavy (non-hydrogen) atoms. The molecule has 0 aliphatic carbocycles. The van der Waals surface area contributed by atoms with Gasteiger partial charge in [0.25, 0.3) is 0 Å². The molecule has 1 fully saturated rings. The Balaban J connectivity index is 2.29. The van der Waals surface area contributed by atoms with E-state index in [1.807, 2.05) is 0 Å². The van der Waals surface area contributed by atoms with Crippen LogP contribution in [0, 0.1) is 17.5 Å². The summed E-state index contributed by atoms with van der Waals surface area (Å²) >= 11 is 0. The summed E-state index contributed by atoms with van der Waals surface area (Å²) in [5.74, 6) is -4.03. The largest absolute Gasteiger partial charge is 0.315 e. The third-order valence-corrected chi connectivity index (χ3v) is 4.42. The molecule has 0 bridgehead atoms. The number of hydrogen-bond acceptors (Lipinski definition) is 3. The predicted molar refractivity (Wildman–Crippen MR) is 62.5 cm³/mol. The van der Waals surface area contributed by atoms with Gasteiger partial charge >= 0.3 is 0 Å². The lowest BCUT2D eigenvalue weighted by Crippen LogP contribution is -2.45. The van der Waals surface area contributed by atoms with Gasteiger partial charge in [-0.2, -0.15) is 0 Å². The normalized spacial score (nSPS) is 20.5. The summed E-state index contributed by atoms with van der Waals surface area (Å²) in [5.41, 5.74) is 0. The molecule has 4 nitrogen and oxygen atoms in total. The van der Waals surface area contributed by atoms with E-state index in [2.05, 4.69) is 10.0 Å². The first-order chi connectivity index (χ1) is 8.90. The van der Waals surface area contributed by atoms with Crippen molar-refractivity contribution >= 4 is 10.0 Å². The van der Waals surface area contributed by atoms with Crippen LogP contribution in [-0.4, -0.2) is 27.5 Å². The summed E-state index contributed by atoms with van der Waals surface area (Å²) in [5, 5.41) is 2.97. The van der Waals surface area contributed by atoms with Crippen molar-refractivity contribution in [3.05, 3.63) is 29.6 Å². The Morgan fingerprint density at radius 2 is 1.84 bits per heavy atom. The monoisotopic (exact) mass is 294 g/mol. The van der Waals surface area contributed by atoms with Gasteiger partial charge in [0, 0.05) is 24.7 Å². The van der Waals surface area contributed by atoms with Crippen molar-refractivity contribution in [3.63, 3.8) is 0 Å². The van der Waals surface area contributed by atoms with Gasteiger partial charge in [0.15, 0.2) is 4.90 Å². The van der Waals surface area contributed by atoms with E-state index in [1.165, 1.54) is 0 Å². The Hall–Kier alpha value is -1.12. The minimum absolute atomic E-state index is 0.344. The van der Waals surface area contributed by atoms with E-state index in [1.54, 1.807) is 0 Å². The van der Waals surface area contributed by atoms with E-state index in [0.717, 1.165) is 13.0 Å². The lowest BCUT2D eigenvalue weighted by molar-refractivity contribution is 0.424. The molecule has 1 aromatic rings. The second kappa shape index (κ2) is 5.48. The predicted octanol–water partition coefficient (Wildman–Crippen LogP) is 1.13. The van der Waals surface area contributed by atoms with Crippen molar-refractivity contribution in [2.75, 3.05) is 13.1 Å². The van der Waals surface area contributed by atoms with Gasteiger partial charge in [-0.3, -0.25) is 0 Å². The molecule has 0 amide bonds. The zero-order valence-electron chi connectivity index (χ0n) is 9.92. The number of benzene rings is 1. The van der Waals surface area contributed by atoms with Crippen LogP contribution in [0.1, 0.15) is 12.8 Å². The van der Waals surface area contributed by atoms with E-state index in [9.17, 15) is 21.6 Å². The van der Waals surface area contributed by atoms with Gasteiger partial charge in [-0.25, -0.2) is 26.3 Å². The lowest BCUT2D eigenvalue weighted by Gasteiger charge is -2.23. The molecule has 0 saturated carbocycles. The number of halogens is 3. The van der Waals surface area contributed by atoms with Crippen LogP contribution in [0.25, 0.3) is 0 Å². The third-order valence-electron chi connectivity index (χ3n) is 2.85. The van der Waals surface area contributed by atoms with Crippen LogP contribution >= 0.6 is 0 Å². The molecule has 2 N–H and O–H groups in total. The van der Waals surface area contributed by atoms with Crippen LogP contribution in [0.5, 0.6) is 0 Å². The average molecular weight is 294 g/mol. The quantitative estimate of drug-likeness (QED) is 0.879. The summed E-state index contributed by atoms with van der Waals surface area (Å²) in [7, 11) is -4.34. The summed E-state index contributed by atoms with van der Waals surface area (Å²) < 4.78 is 65.7. The molecule has 1 heterocycles. The number of sulfonamides is 1. The van der Waals surface area contributed by atoms with Gasteiger partial charge in [0.2, 0.25) is 10.0 Å². The average Bonchev–Trinajstić information content (AvgIpc) is 2.27. The Bertz CT molecular complexity index is 548. The standard InChI is InChI=1S/C11H13F3N2O2S/c12-7-4-9(13)11(10(14)5-7)19(17,18)16-8-2-1-3-15-6-8/h4-5,8,15-16H,1-3,6H2/t8-/m0/s1. The van der Waals surface area contributed by atoms with Crippen LogP contribution in [-0.2, 0) is 10.0 Å². The number of hydrogen-bond donors (Lipinski definition) is 2. The highest BCUT2D eigenvalue weighted by Crippen LogP contribution is 2.20. The Labute approximate surface area is 109 Å². The second-order valence-corrected chi connectivity index (χ2v) is 6.01. The number of nitrogens with one attached hydrogen (secondary N) is 2. The zero-order chi connectivity index (χ0) is 14.0. The summed E-state index contributed by atoms with van der Waals surface area (Å²) in [6.07, 6.45) is 1.35. The van der Waals surface area contributed by atoms with Crippen molar-refractivity contribution in [3.8, 4) is 0 Å². The highest BCUT2D eigenvalue weighted by molar-refractivity contribution is 7.89. The highest BCUT2D eigenvalue weighted by Gasteiger charge is 2.28. The van der Waals surface area contributed by atoms with Crippen molar-refractivity contribution in [2.45, 2.75) is 23.8 Å². The van der Waals surface area contributed by atoms with Gasteiger partial charge < -0.3 is 5.32 Å². The first-order valence-electron chi connectivity index (χ1n) is 5.78. The van der Waals surface area contributed by atoms with Crippen molar-refractivity contribution < 1.29 is 21.6 Å². The van der Waals surface area contributed by atoms with E-state index in [-0.39, 0.29) is 0 Å². The molecular formula is C11H13F3N2O2S. The van der Waals surface area contributed by atoms with Gasteiger partial charge in [-0.05, 0) is 19.4 Å². The van der Waals surface area contributed by atoms with E-state index < -0.39 is 38.4 Å². The minimum Gasteiger partial charge on any atom is -0.315 e. The third kappa shape index (κ3) is 3.26. The summed E-state index contributed by atoms with van der Waals surface area (Å²) in [4.78, 5) is -1.14. The minimum atomic E-state index is -4.34. The van der Waals surface area contributed by atoms with Gasteiger partial charge in [-0.1, -0.05) is 0 Å². The summed E-state index contributed by atoms with van der Waals surface area (Å²) in [6.45, 7) is 1.17. The maximum atomic E-state index is 13.4. The van der Waals surface area contributed by atoms with Crippen molar-refractivity contribution in [2.24, 2.45) is 0 Å². The Morgan fingerprint density at radius 1 is 1.21 bits per heavy atom. The molecule has 8 heteroatoms. The van der Waals surface area contributed by atoms with Gasteiger partial charge in [0.1, 0.15) is 17.5 Å². The van der Waals surface area contributed by atoms with Gasteiger partial charge in [0.05, 0.1) is 0 Å². The molecule has 0 spiro atoms. The van der Waals surface area contributed by atoms with E-state index in [0.29, 0.717) is 25.1 Å². The fraction of sp³-hybridized carbons (Fsp3) is 0.455. The fourth-order valence-electron chi connectivity index (χ4n) is 2.02. The van der Waals surface area contributed by atoms with Crippen LogP contribution in [0.4, 0.5) is 13.2 Å². The first-order valence-corrected chi connectivity index (χ1v) is 7.26. The molecule has 1 saturated heterocycles. The van der Waals surface area contributed by atoms with E-state index >= 15 is 0 Å². The Morgan fingerprint density at radius 3 is 2.37 bits per heavy atom. The molecule has 0 radical (unpaired) electrons. The number of rotatable bonds is 3.